The maximum absolute atomic E-state index is 12.3. The van der Waals surface area contributed by atoms with E-state index in [0.717, 1.165) is 5.56 Å². The second-order valence-corrected chi connectivity index (χ2v) is 8.71. The minimum absolute atomic E-state index is 0.145. The Balaban J connectivity index is 1.33. The summed E-state index contributed by atoms with van der Waals surface area (Å²) >= 11 is 11.9. The highest BCUT2D eigenvalue weighted by Gasteiger charge is 2.19. The van der Waals surface area contributed by atoms with Gasteiger partial charge in [-0.3, -0.25) is 9.59 Å². The number of hydrogen-bond donors (Lipinski definition) is 2. The summed E-state index contributed by atoms with van der Waals surface area (Å²) in [6, 6.07) is 17.2. The van der Waals surface area contributed by atoms with E-state index in [1.807, 2.05) is 30.3 Å². The Kier molecular flexibility index (Phi) is 6.49. The van der Waals surface area contributed by atoms with Crippen LogP contribution in [0.4, 0.5) is 5.69 Å². The molecule has 1 aliphatic rings. The molecule has 1 aromatic heterocycles. The molecular formula is C25H18Cl2N4O5. The van der Waals surface area contributed by atoms with Gasteiger partial charge in [0.25, 0.3) is 11.8 Å². The molecule has 0 radical (unpaired) electrons. The standard InChI is InChI=1S/C25H18Cl2N4O5/c26-15-6-7-16(18(27)10-15)24(33)28-11-22(32)29-30-23-17-3-1-2-4-19(17)31(25(23)34)12-14-5-8-20-21(9-14)36-13-35-20/h1-10,34H,11-13H2,(H,28,33). The smallest absolute Gasteiger partial charge is 0.283 e. The molecule has 0 saturated heterocycles. The van der Waals surface area contributed by atoms with Gasteiger partial charge in [0.2, 0.25) is 12.7 Å². The van der Waals surface area contributed by atoms with E-state index in [2.05, 4.69) is 15.5 Å². The molecule has 36 heavy (non-hydrogen) atoms. The van der Waals surface area contributed by atoms with Crippen molar-refractivity contribution in [2.45, 2.75) is 6.54 Å². The van der Waals surface area contributed by atoms with Crippen LogP contribution in [0, 0.1) is 0 Å². The van der Waals surface area contributed by atoms with E-state index in [9.17, 15) is 14.7 Å². The van der Waals surface area contributed by atoms with Gasteiger partial charge in [0.15, 0.2) is 17.2 Å². The van der Waals surface area contributed by atoms with Gasteiger partial charge in [-0.15, -0.1) is 10.2 Å². The van der Waals surface area contributed by atoms with Gasteiger partial charge in [-0.25, -0.2) is 0 Å². The Labute approximate surface area is 214 Å². The predicted octanol–water partition coefficient (Wildman–Crippen LogP) is 5.47. The topological polar surface area (TPSA) is 115 Å². The minimum Gasteiger partial charge on any atom is -0.493 e. The fraction of sp³-hybridized carbons (Fsp3) is 0.120. The first kappa shape index (κ1) is 23.7. The fourth-order valence-electron chi connectivity index (χ4n) is 3.82. The normalized spacial score (nSPS) is 12.4. The lowest BCUT2D eigenvalue weighted by atomic mass is 10.2. The number of hydrogen-bond acceptors (Lipinski definition) is 6. The number of rotatable bonds is 6. The molecule has 1 aliphatic heterocycles. The highest BCUT2D eigenvalue weighted by molar-refractivity contribution is 6.36. The molecule has 2 amide bonds. The van der Waals surface area contributed by atoms with Gasteiger partial charge in [-0.2, -0.15) is 0 Å². The van der Waals surface area contributed by atoms with E-state index in [1.54, 1.807) is 16.7 Å². The molecule has 0 aliphatic carbocycles. The Morgan fingerprint density at radius 2 is 1.83 bits per heavy atom. The van der Waals surface area contributed by atoms with Gasteiger partial charge in [0, 0.05) is 10.4 Å². The van der Waals surface area contributed by atoms with Gasteiger partial charge < -0.3 is 24.5 Å². The van der Waals surface area contributed by atoms with Crippen molar-refractivity contribution in [2.75, 3.05) is 13.3 Å². The van der Waals surface area contributed by atoms with Crippen LogP contribution in [0.2, 0.25) is 10.0 Å². The molecule has 3 aromatic carbocycles. The molecule has 11 heteroatoms. The van der Waals surface area contributed by atoms with Crippen molar-refractivity contribution in [1.29, 1.82) is 0 Å². The second-order valence-electron chi connectivity index (χ2n) is 7.86. The average Bonchev–Trinajstić information content (AvgIpc) is 3.43. The molecule has 0 saturated carbocycles. The largest absolute Gasteiger partial charge is 0.493 e. The van der Waals surface area contributed by atoms with Crippen LogP contribution < -0.4 is 14.8 Å². The van der Waals surface area contributed by atoms with Crippen LogP contribution in [0.5, 0.6) is 17.4 Å². The number of halogens is 2. The minimum atomic E-state index is -0.708. The zero-order valence-corrected chi connectivity index (χ0v) is 20.1. The second kappa shape index (κ2) is 9.88. The molecule has 2 N–H and O–H groups in total. The SMILES string of the molecule is O=C(CNC(=O)c1ccc(Cl)cc1Cl)N=Nc1c(O)n(Cc2ccc3c(c2)OCO3)c2ccccc12. The number of azo groups is 1. The maximum Gasteiger partial charge on any atom is 0.283 e. The first-order valence-electron chi connectivity index (χ1n) is 10.8. The summed E-state index contributed by atoms with van der Waals surface area (Å²) in [6.07, 6.45) is 0. The number of para-hydroxylation sites is 1. The zero-order chi connectivity index (χ0) is 25.2. The monoisotopic (exact) mass is 524 g/mol. The molecule has 0 spiro atoms. The lowest BCUT2D eigenvalue weighted by Gasteiger charge is -2.08. The molecule has 0 unspecified atom stereocenters. The number of nitrogens with one attached hydrogen (secondary N) is 1. The number of aromatic hydroxyl groups is 1. The summed E-state index contributed by atoms with van der Waals surface area (Å²) in [6.45, 7) is 0.0878. The molecule has 0 atom stereocenters. The van der Waals surface area contributed by atoms with Crippen molar-refractivity contribution >= 4 is 51.6 Å². The first-order valence-corrected chi connectivity index (χ1v) is 11.5. The molecule has 2 heterocycles. The highest BCUT2D eigenvalue weighted by Crippen LogP contribution is 2.40. The van der Waals surface area contributed by atoms with E-state index in [0.29, 0.717) is 34.0 Å². The van der Waals surface area contributed by atoms with E-state index in [1.165, 1.54) is 18.2 Å². The third-order valence-corrected chi connectivity index (χ3v) is 6.08. The maximum atomic E-state index is 12.3. The highest BCUT2D eigenvalue weighted by atomic mass is 35.5. The van der Waals surface area contributed by atoms with Crippen LogP contribution in [0.3, 0.4) is 0 Å². The molecule has 4 aromatic rings. The predicted molar refractivity (Wildman–Crippen MR) is 134 cm³/mol. The summed E-state index contributed by atoms with van der Waals surface area (Å²) in [5, 5.41) is 22.2. The van der Waals surface area contributed by atoms with Gasteiger partial charge in [-0.05, 0) is 42.0 Å². The van der Waals surface area contributed by atoms with Crippen molar-refractivity contribution in [2.24, 2.45) is 10.2 Å². The average molecular weight is 525 g/mol. The van der Waals surface area contributed by atoms with E-state index >= 15 is 0 Å². The fourth-order valence-corrected chi connectivity index (χ4v) is 4.31. The summed E-state index contributed by atoms with van der Waals surface area (Å²) in [5.41, 5.74) is 1.90. The van der Waals surface area contributed by atoms with E-state index in [-0.39, 0.29) is 28.9 Å². The number of ether oxygens (including phenoxy) is 2. The number of fused-ring (bicyclic) bond motifs is 2. The van der Waals surface area contributed by atoms with Crippen LogP contribution in [0.25, 0.3) is 10.9 Å². The number of nitrogens with zero attached hydrogens (tertiary/aromatic N) is 3. The van der Waals surface area contributed by atoms with Crippen molar-refractivity contribution in [3.63, 3.8) is 0 Å². The zero-order valence-electron chi connectivity index (χ0n) is 18.6. The lowest BCUT2D eigenvalue weighted by molar-refractivity contribution is -0.117. The van der Waals surface area contributed by atoms with Crippen molar-refractivity contribution < 1.29 is 24.2 Å². The summed E-state index contributed by atoms with van der Waals surface area (Å²) in [7, 11) is 0. The van der Waals surface area contributed by atoms with Crippen LogP contribution in [-0.4, -0.2) is 34.8 Å². The Hall–Kier alpha value is -4.08. The van der Waals surface area contributed by atoms with Crippen LogP contribution in [0.15, 0.2) is 70.9 Å². The van der Waals surface area contributed by atoms with Crippen molar-refractivity contribution in [3.8, 4) is 17.4 Å². The van der Waals surface area contributed by atoms with Crippen LogP contribution in [0.1, 0.15) is 15.9 Å². The van der Waals surface area contributed by atoms with Gasteiger partial charge >= 0.3 is 0 Å². The number of benzene rings is 3. The Morgan fingerprint density at radius 3 is 2.67 bits per heavy atom. The quantitative estimate of drug-likeness (QED) is 0.324. The summed E-state index contributed by atoms with van der Waals surface area (Å²) in [4.78, 5) is 24.6. The van der Waals surface area contributed by atoms with Crippen LogP contribution >= 0.6 is 23.2 Å². The van der Waals surface area contributed by atoms with Crippen LogP contribution in [-0.2, 0) is 11.3 Å². The third kappa shape index (κ3) is 4.71. The molecule has 0 fully saturated rings. The van der Waals surface area contributed by atoms with Gasteiger partial charge in [0.05, 0.1) is 22.6 Å². The third-order valence-electron chi connectivity index (χ3n) is 5.53. The molecule has 9 nitrogen and oxygen atoms in total. The van der Waals surface area contributed by atoms with Gasteiger partial charge in [0.1, 0.15) is 6.54 Å². The molecule has 182 valence electrons. The van der Waals surface area contributed by atoms with Crippen molar-refractivity contribution in [1.82, 2.24) is 9.88 Å². The molecule has 5 rings (SSSR count). The Morgan fingerprint density at radius 1 is 1.03 bits per heavy atom. The first-order chi connectivity index (χ1) is 17.4. The lowest BCUT2D eigenvalue weighted by Crippen LogP contribution is -2.28. The molecule has 0 bridgehead atoms. The summed E-state index contributed by atoms with van der Waals surface area (Å²) < 4.78 is 12.4. The Bertz CT molecular complexity index is 1530. The van der Waals surface area contributed by atoms with E-state index in [4.69, 9.17) is 32.7 Å². The number of aromatic nitrogens is 1. The summed E-state index contributed by atoms with van der Waals surface area (Å²) in [5.74, 6) is -0.110. The van der Waals surface area contributed by atoms with Crippen molar-refractivity contribution in [3.05, 3.63) is 81.8 Å². The number of amides is 2. The van der Waals surface area contributed by atoms with E-state index < -0.39 is 18.4 Å². The molecular weight excluding hydrogens is 507 g/mol. The number of carbonyl (C=O) groups is 2. The van der Waals surface area contributed by atoms with Gasteiger partial charge in [-0.1, -0.05) is 47.5 Å². The number of carbonyl (C=O) groups excluding carboxylic acids is 2.